The summed E-state index contributed by atoms with van der Waals surface area (Å²) in [5.41, 5.74) is 2.73. The normalized spacial score (nSPS) is 20.0. The van der Waals surface area contributed by atoms with Crippen molar-refractivity contribution in [1.82, 2.24) is 15.1 Å². The van der Waals surface area contributed by atoms with Crippen molar-refractivity contribution in [1.29, 1.82) is 0 Å². The number of guanidine groups is 1. The number of hydrogen-bond acceptors (Lipinski definition) is 4. The van der Waals surface area contributed by atoms with Gasteiger partial charge in [-0.15, -0.1) is 24.0 Å². The minimum atomic E-state index is 0. The number of nitrogens with zero attached hydrogens (tertiary/aromatic N) is 3. The lowest BCUT2D eigenvalue weighted by Gasteiger charge is -2.36. The van der Waals surface area contributed by atoms with Crippen LogP contribution in [0.4, 0.5) is 0 Å². The van der Waals surface area contributed by atoms with Gasteiger partial charge in [-0.3, -0.25) is 9.89 Å². The Morgan fingerprint density at radius 2 is 2.03 bits per heavy atom. The molecule has 1 atom stereocenters. The van der Waals surface area contributed by atoms with Gasteiger partial charge in [-0.2, -0.15) is 0 Å². The largest absolute Gasteiger partial charge is 0.469 e. The molecule has 0 spiro atoms. The average Bonchev–Trinajstić information content (AvgIpc) is 3.46. The van der Waals surface area contributed by atoms with E-state index >= 15 is 0 Å². The highest BCUT2D eigenvalue weighted by atomic mass is 127. The molecule has 4 rings (SSSR count). The summed E-state index contributed by atoms with van der Waals surface area (Å²) >= 11 is 0. The van der Waals surface area contributed by atoms with Crippen LogP contribution in [0.25, 0.3) is 0 Å². The van der Waals surface area contributed by atoms with E-state index in [2.05, 4.69) is 46.3 Å². The molecule has 0 bridgehead atoms. The van der Waals surface area contributed by atoms with Gasteiger partial charge < -0.3 is 19.4 Å². The number of nitrogens with one attached hydrogen (secondary N) is 1. The lowest BCUT2D eigenvalue weighted by atomic mass is 10.1. The third-order valence-electron chi connectivity index (χ3n) is 5.92. The minimum Gasteiger partial charge on any atom is -0.469 e. The van der Waals surface area contributed by atoms with Crippen molar-refractivity contribution in [2.24, 2.45) is 10.9 Å². The first-order valence-electron chi connectivity index (χ1n) is 11.2. The summed E-state index contributed by atoms with van der Waals surface area (Å²) in [6.07, 6.45) is 3.72. The van der Waals surface area contributed by atoms with E-state index in [9.17, 15) is 0 Å². The Kier molecular flexibility index (Phi) is 9.67. The molecule has 1 aromatic heterocycles. The maximum absolute atomic E-state index is 5.52. The van der Waals surface area contributed by atoms with Crippen LogP contribution in [0.1, 0.15) is 23.3 Å². The Hall–Kier alpha value is -1.58. The van der Waals surface area contributed by atoms with Gasteiger partial charge in [0.05, 0.1) is 12.9 Å². The van der Waals surface area contributed by atoms with Crippen LogP contribution in [0.15, 0.2) is 52.1 Å². The van der Waals surface area contributed by atoms with E-state index in [1.54, 1.807) is 6.26 Å². The molecule has 1 aromatic carbocycles. The predicted molar refractivity (Wildman–Crippen MR) is 135 cm³/mol. The molecule has 2 aliphatic heterocycles. The number of halogens is 1. The van der Waals surface area contributed by atoms with E-state index in [4.69, 9.17) is 14.1 Å². The smallest absolute Gasteiger partial charge is 0.194 e. The fourth-order valence-corrected chi connectivity index (χ4v) is 4.15. The molecule has 0 aliphatic carbocycles. The van der Waals surface area contributed by atoms with E-state index in [0.717, 1.165) is 83.6 Å². The summed E-state index contributed by atoms with van der Waals surface area (Å²) in [6.45, 7) is 10.7. The second-order valence-electron chi connectivity index (χ2n) is 8.40. The number of rotatable bonds is 7. The van der Waals surface area contributed by atoms with E-state index < -0.39 is 0 Å². The Morgan fingerprint density at radius 3 is 2.74 bits per heavy atom. The van der Waals surface area contributed by atoms with Crippen molar-refractivity contribution in [2.45, 2.75) is 26.3 Å². The first-order valence-corrected chi connectivity index (χ1v) is 11.2. The van der Waals surface area contributed by atoms with Gasteiger partial charge in [-0.25, -0.2) is 0 Å². The molecule has 0 amide bonds. The number of aryl methyl sites for hydroxylation is 1. The van der Waals surface area contributed by atoms with Gasteiger partial charge in [0, 0.05) is 64.8 Å². The molecule has 1 N–H and O–H groups in total. The molecule has 2 aliphatic rings. The first kappa shape index (κ1) is 24.1. The van der Waals surface area contributed by atoms with E-state index in [0.29, 0.717) is 5.92 Å². The molecule has 7 heteroatoms. The lowest BCUT2D eigenvalue weighted by molar-refractivity contribution is 0.172. The number of furan rings is 1. The molecule has 31 heavy (non-hydrogen) atoms. The van der Waals surface area contributed by atoms with Crippen LogP contribution >= 0.6 is 24.0 Å². The number of ether oxygens (including phenoxy) is 1. The van der Waals surface area contributed by atoms with E-state index in [1.807, 2.05) is 12.1 Å². The van der Waals surface area contributed by atoms with Gasteiger partial charge in [0.15, 0.2) is 5.96 Å². The summed E-state index contributed by atoms with van der Waals surface area (Å²) in [5, 5.41) is 3.58. The molecular formula is C24H35IN4O2. The molecular weight excluding hydrogens is 503 g/mol. The fourth-order valence-electron chi connectivity index (χ4n) is 4.15. The SMILES string of the molecule is Cc1cccc(CN2CCN(C(=NCC3CCOC3)NCCc3ccco3)CC2)c1.I. The van der Waals surface area contributed by atoms with Crippen LogP contribution in [0, 0.1) is 12.8 Å². The maximum Gasteiger partial charge on any atom is 0.194 e. The van der Waals surface area contributed by atoms with Gasteiger partial charge in [0.25, 0.3) is 0 Å². The number of benzene rings is 1. The third kappa shape index (κ3) is 7.50. The molecule has 6 nitrogen and oxygen atoms in total. The Labute approximate surface area is 203 Å². The van der Waals surface area contributed by atoms with Gasteiger partial charge in [-0.1, -0.05) is 29.8 Å². The average molecular weight is 538 g/mol. The second-order valence-corrected chi connectivity index (χ2v) is 8.40. The zero-order valence-electron chi connectivity index (χ0n) is 18.5. The number of hydrogen-bond donors (Lipinski definition) is 1. The highest BCUT2D eigenvalue weighted by molar-refractivity contribution is 14.0. The summed E-state index contributed by atoms with van der Waals surface area (Å²) in [6, 6.07) is 12.8. The minimum absolute atomic E-state index is 0. The molecule has 2 saturated heterocycles. The van der Waals surface area contributed by atoms with E-state index in [1.165, 1.54) is 11.1 Å². The fraction of sp³-hybridized carbons (Fsp3) is 0.542. The Bertz CT molecular complexity index is 798. The van der Waals surface area contributed by atoms with Crippen molar-refractivity contribution in [2.75, 3.05) is 52.5 Å². The van der Waals surface area contributed by atoms with Crippen LogP contribution in [-0.2, 0) is 17.7 Å². The van der Waals surface area contributed by atoms with E-state index in [-0.39, 0.29) is 24.0 Å². The Balaban J connectivity index is 0.00000272. The highest BCUT2D eigenvalue weighted by Gasteiger charge is 2.21. The first-order chi connectivity index (χ1) is 14.8. The standard InChI is InChI=1S/C24H34N4O2.HI/c1-20-4-2-5-21(16-20)18-27-10-12-28(13-11-27)24(26-17-22-8-15-29-19-22)25-9-7-23-6-3-14-30-23;/h2-6,14,16,22H,7-13,15,17-19H2,1H3,(H,25,26);1H. The van der Waals surface area contributed by atoms with Gasteiger partial charge in [0.1, 0.15) is 5.76 Å². The number of aliphatic imine (C=N–C) groups is 1. The summed E-state index contributed by atoms with van der Waals surface area (Å²) in [5.74, 6) is 2.59. The van der Waals surface area contributed by atoms with Crippen molar-refractivity contribution in [3.8, 4) is 0 Å². The van der Waals surface area contributed by atoms with Crippen molar-refractivity contribution < 1.29 is 9.15 Å². The quantitative estimate of drug-likeness (QED) is 0.332. The molecule has 1 unspecified atom stereocenters. The lowest BCUT2D eigenvalue weighted by Crippen LogP contribution is -2.52. The predicted octanol–water partition coefficient (Wildman–Crippen LogP) is 3.55. The van der Waals surface area contributed by atoms with Gasteiger partial charge in [-0.05, 0) is 31.0 Å². The topological polar surface area (TPSA) is 53.2 Å². The van der Waals surface area contributed by atoms with Crippen molar-refractivity contribution in [3.63, 3.8) is 0 Å². The Morgan fingerprint density at radius 1 is 1.16 bits per heavy atom. The maximum atomic E-state index is 5.52. The van der Waals surface area contributed by atoms with Crippen LogP contribution < -0.4 is 5.32 Å². The van der Waals surface area contributed by atoms with Crippen LogP contribution in [0.2, 0.25) is 0 Å². The molecule has 2 fully saturated rings. The van der Waals surface area contributed by atoms with Crippen molar-refractivity contribution in [3.05, 3.63) is 59.5 Å². The van der Waals surface area contributed by atoms with Gasteiger partial charge in [0.2, 0.25) is 0 Å². The third-order valence-corrected chi connectivity index (χ3v) is 5.92. The summed E-state index contributed by atoms with van der Waals surface area (Å²) in [7, 11) is 0. The second kappa shape index (κ2) is 12.5. The van der Waals surface area contributed by atoms with Gasteiger partial charge >= 0.3 is 0 Å². The molecule has 2 aromatic rings. The summed E-state index contributed by atoms with van der Waals surface area (Å²) in [4.78, 5) is 9.92. The zero-order chi connectivity index (χ0) is 20.6. The monoisotopic (exact) mass is 538 g/mol. The van der Waals surface area contributed by atoms with Crippen LogP contribution in [-0.4, -0.2) is 68.2 Å². The molecule has 0 radical (unpaired) electrons. The van der Waals surface area contributed by atoms with Crippen LogP contribution in [0.3, 0.4) is 0 Å². The van der Waals surface area contributed by atoms with Crippen LogP contribution in [0.5, 0.6) is 0 Å². The molecule has 0 saturated carbocycles. The summed E-state index contributed by atoms with van der Waals surface area (Å²) < 4.78 is 11.0. The molecule has 3 heterocycles. The highest BCUT2D eigenvalue weighted by Crippen LogP contribution is 2.14. The number of piperazine rings is 1. The molecule has 170 valence electrons. The van der Waals surface area contributed by atoms with Crippen molar-refractivity contribution >= 4 is 29.9 Å². The zero-order valence-corrected chi connectivity index (χ0v) is 20.8.